The molecular formula is C13H20N4O. The number of hydrogen-bond donors (Lipinski definition) is 1. The monoisotopic (exact) mass is 248 g/mol. The van der Waals surface area contributed by atoms with Gasteiger partial charge in [0.1, 0.15) is 5.82 Å². The molecule has 18 heavy (non-hydrogen) atoms. The number of aryl methyl sites for hydroxylation is 1. The zero-order chi connectivity index (χ0) is 12.7. The Labute approximate surface area is 107 Å². The largest absolute Gasteiger partial charge is 0.338 e. The molecule has 3 rings (SSSR count). The molecule has 2 unspecified atom stereocenters. The Balaban J connectivity index is 1.59. The summed E-state index contributed by atoms with van der Waals surface area (Å²) in [5.41, 5.74) is 0. The number of carbonyl (C=O) groups excluding carboxylic acids is 1. The molecule has 0 bridgehead atoms. The average Bonchev–Trinajstić information content (AvgIpc) is 2.96. The third-order valence-corrected chi connectivity index (χ3v) is 4.34. The number of H-pyrrole nitrogens is 1. The molecule has 0 aromatic carbocycles. The highest BCUT2D eigenvalue weighted by molar-refractivity contribution is 5.82. The van der Waals surface area contributed by atoms with Gasteiger partial charge in [0.05, 0.1) is 6.54 Å². The molecule has 1 amide bonds. The predicted molar refractivity (Wildman–Crippen MR) is 66.5 cm³/mol. The molecule has 98 valence electrons. The minimum atomic E-state index is 0.286. The second-order valence-electron chi connectivity index (χ2n) is 5.67. The lowest BCUT2D eigenvalue weighted by atomic mass is 10.0. The number of rotatable bonds is 3. The van der Waals surface area contributed by atoms with E-state index in [-0.39, 0.29) is 11.8 Å². The van der Waals surface area contributed by atoms with Crippen molar-refractivity contribution >= 4 is 5.91 Å². The number of hydrogen-bond acceptors (Lipinski definition) is 3. The van der Waals surface area contributed by atoms with Gasteiger partial charge in [0, 0.05) is 13.0 Å². The Bertz CT molecular complexity index is 444. The molecule has 0 aliphatic heterocycles. The maximum Gasteiger partial charge on any atom is 0.226 e. The van der Waals surface area contributed by atoms with E-state index in [2.05, 4.69) is 15.2 Å². The van der Waals surface area contributed by atoms with Crippen LogP contribution in [0.3, 0.4) is 0 Å². The quantitative estimate of drug-likeness (QED) is 0.882. The first-order valence-electron chi connectivity index (χ1n) is 6.79. The molecular weight excluding hydrogens is 228 g/mol. The van der Waals surface area contributed by atoms with Crippen LogP contribution in [-0.4, -0.2) is 33.0 Å². The molecule has 1 aromatic heterocycles. The van der Waals surface area contributed by atoms with E-state index in [4.69, 9.17) is 0 Å². The lowest BCUT2D eigenvalue weighted by Crippen LogP contribution is -2.29. The number of aromatic nitrogens is 3. The summed E-state index contributed by atoms with van der Waals surface area (Å²) in [6.45, 7) is 2.38. The van der Waals surface area contributed by atoms with Crippen molar-refractivity contribution in [2.75, 3.05) is 7.05 Å². The van der Waals surface area contributed by atoms with E-state index in [0.717, 1.165) is 5.82 Å². The van der Waals surface area contributed by atoms with Gasteiger partial charge in [-0.25, -0.2) is 4.98 Å². The molecule has 1 N–H and O–H groups in total. The molecule has 0 spiro atoms. The molecule has 1 aromatic rings. The van der Waals surface area contributed by atoms with Crippen LogP contribution >= 0.6 is 0 Å². The Morgan fingerprint density at radius 3 is 2.61 bits per heavy atom. The van der Waals surface area contributed by atoms with Crippen molar-refractivity contribution in [3.05, 3.63) is 11.6 Å². The van der Waals surface area contributed by atoms with Gasteiger partial charge in [-0.05, 0) is 31.6 Å². The van der Waals surface area contributed by atoms with Gasteiger partial charge >= 0.3 is 0 Å². The lowest BCUT2D eigenvalue weighted by Gasteiger charge is -2.15. The Morgan fingerprint density at radius 2 is 2.06 bits per heavy atom. The van der Waals surface area contributed by atoms with Crippen molar-refractivity contribution in [1.82, 2.24) is 20.1 Å². The second kappa shape index (κ2) is 4.37. The van der Waals surface area contributed by atoms with Gasteiger partial charge in [-0.15, -0.1) is 0 Å². The fourth-order valence-electron chi connectivity index (χ4n) is 3.36. The van der Waals surface area contributed by atoms with E-state index in [1.54, 1.807) is 4.90 Å². The van der Waals surface area contributed by atoms with Gasteiger partial charge in [0.25, 0.3) is 0 Å². The third kappa shape index (κ3) is 2.02. The highest BCUT2D eigenvalue weighted by atomic mass is 16.2. The van der Waals surface area contributed by atoms with Crippen LogP contribution in [0.25, 0.3) is 0 Å². The molecule has 0 saturated heterocycles. The number of fused-ring (bicyclic) bond motifs is 1. The summed E-state index contributed by atoms with van der Waals surface area (Å²) in [6, 6.07) is 0. The van der Waals surface area contributed by atoms with Crippen molar-refractivity contribution in [3.8, 4) is 0 Å². The SMILES string of the molecule is Cc1nc(CN(C)C(=O)C2C3CCCCC32)n[nH]1. The van der Waals surface area contributed by atoms with Crippen LogP contribution in [0.15, 0.2) is 0 Å². The molecule has 5 nitrogen and oxygen atoms in total. The van der Waals surface area contributed by atoms with E-state index in [0.29, 0.717) is 24.2 Å². The van der Waals surface area contributed by atoms with Crippen molar-refractivity contribution in [2.24, 2.45) is 17.8 Å². The van der Waals surface area contributed by atoms with Crippen molar-refractivity contribution in [1.29, 1.82) is 0 Å². The first-order valence-corrected chi connectivity index (χ1v) is 6.79. The number of aromatic amines is 1. The normalized spacial score (nSPS) is 29.8. The van der Waals surface area contributed by atoms with Crippen LogP contribution in [-0.2, 0) is 11.3 Å². The summed E-state index contributed by atoms with van der Waals surface area (Å²) < 4.78 is 0. The van der Waals surface area contributed by atoms with E-state index >= 15 is 0 Å². The molecule has 1 heterocycles. The van der Waals surface area contributed by atoms with Gasteiger partial charge in [-0.3, -0.25) is 9.89 Å². The van der Waals surface area contributed by atoms with Gasteiger partial charge < -0.3 is 4.90 Å². The fourth-order valence-corrected chi connectivity index (χ4v) is 3.36. The van der Waals surface area contributed by atoms with E-state index in [1.165, 1.54) is 25.7 Å². The van der Waals surface area contributed by atoms with Gasteiger partial charge in [0.15, 0.2) is 5.82 Å². The fraction of sp³-hybridized carbons (Fsp3) is 0.769. The first kappa shape index (κ1) is 11.7. The zero-order valence-electron chi connectivity index (χ0n) is 11.0. The summed E-state index contributed by atoms with van der Waals surface area (Å²) in [5.74, 6) is 3.41. The summed E-state index contributed by atoms with van der Waals surface area (Å²) >= 11 is 0. The molecule has 2 atom stereocenters. The van der Waals surface area contributed by atoms with Crippen LogP contribution in [0.2, 0.25) is 0 Å². The van der Waals surface area contributed by atoms with Crippen LogP contribution < -0.4 is 0 Å². The zero-order valence-corrected chi connectivity index (χ0v) is 11.0. The molecule has 2 saturated carbocycles. The van der Waals surface area contributed by atoms with Crippen LogP contribution in [0, 0.1) is 24.7 Å². The summed E-state index contributed by atoms with van der Waals surface area (Å²) in [7, 11) is 1.86. The maximum absolute atomic E-state index is 12.3. The van der Waals surface area contributed by atoms with Crippen LogP contribution in [0.4, 0.5) is 0 Å². The molecule has 5 heteroatoms. The Kier molecular flexibility index (Phi) is 2.84. The minimum absolute atomic E-state index is 0.286. The highest BCUT2D eigenvalue weighted by Gasteiger charge is 2.55. The Hall–Kier alpha value is -1.39. The van der Waals surface area contributed by atoms with E-state index in [1.807, 2.05) is 14.0 Å². The maximum atomic E-state index is 12.3. The number of amides is 1. The third-order valence-electron chi connectivity index (χ3n) is 4.34. The Morgan fingerprint density at radius 1 is 1.39 bits per heavy atom. The molecule has 2 fully saturated rings. The lowest BCUT2D eigenvalue weighted by molar-refractivity contribution is -0.132. The van der Waals surface area contributed by atoms with Crippen LogP contribution in [0.5, 0.6) is 0 Å². The standard InChI is InChI=1S/C13H20N4O/c1-8-14-11(16-15-8)7-17(2)13(18)12-9-5-3-4-6-10(9)12/h9-10,12H,3-7H2,1-2H3,(H,14,15,16). The van der Waals surface area contributed by atoms with Gasteiger partial charge in [0.2, 0.25) is 5.91 Å². The van der Waals surface area contributed by atoms with Crippen molar-refractivity contribution < 1.29 is 4.79 Å². The van der Waals surface area contributed by atoms with Crippen molar-refractivity contribution in [2.45, 2.75) is 39.2 Å². The summed E-state index contributed by atoms with van der Waals surface area (Å²) in [5, 5.41) is 6.89. The number of carbonyl (C=O) groups is 1. The van der Waals surface area contributed by atoms with Gasteiger partial charge in [-0.1, -0.05) is 12.8 Å². The second-order valence-corrected chi connectivity index (χ2v) is 5.67. The first-order chi connectivity index (χ1) is 8.66. The molecule has 0 radical (unpaired) electrons. The van der Waals surface area contributed by atoms with E-state index in [9.17, 15) is 4.79 Å². The predicted octanol–water partition coefficient (Wildman–Crippen LogP) is 1.51. The number of nitrogens with one attached hydrogen (secondary N) is 1. The number of nitrogens with zero attached hydrogens (tertiary/aromatic N) is 3. The molecule has 2 aliphatic carbocycles. The van der Waals surface area contributed by atoms with Crippen molar-refractivity contribution in [3.63, 3.8) is 0 Å². The summed E-state index contributed by atoms with van der Waals surface area (Å²) in [6.07, 6.45) is 5.09. The van der Waals surface area contributed by atoms with E-state index < -0.39 is 0 Å². The highest BCUT2D eigenvalue weighted by Crippen LogP contribution is 2.56. The molecule has 2 aliphatic rings. The van der Waals surface area contributed by atoms with Gasteiger partial charge in [-0.2, -0.15) is 5.10 Å². The minimum Gasteiger partial charge on any atom is -0.338 e. The topological polar surface area (TPSA) is 61.9 Å². The smallest absolute Gasteiger partial charge is 0.226 e. The summed E-state index contributed by atoms with van der Waals surface area (Å²) in [4.78, 5) is 18.4. The average molecular weight is 248 g/mol. The van der Waals surface area contributed by atoms with Crippen LogP contribution in [0.1, 0.15) is 37.3 Å².